The fourth-order valence-corrected chi connectivity index (χ4v) is 2.25. The van der Waals surface area contributed by atoms with Gasteiger partial charge in [0.2, 0.25) is 0 Å². The molecule has 0 aliphatic heterocycles. The lowest BCUT2D eigenvalue weighted by atomic mass is 9.95. The first-order valence-corrected chi connectivity index (χ1v) is 6.90. The van der Waals surface area contributed by atoms with E-state index in [4.69, 9.17) is 11.6 Å². The summed E-state index contributed by atoms with van der Waals surface area (Å²) < 4.78 is 0. The van der Waals surface area contributed by atoms with Crippen LogP contribution < -0.4 is 0 Å². The van der Waals surface area contributed by atoms with Crippen LogP contribution in [0, 0.1) is 0 Å². The third kappa shape index (κ3) is 4.45. The zero-order valence-electron chi connectivity index (χ0n) is 8.95. The number of aliphatic hydroxyl groups is 1. The Morgan fingerprint density at radius 1 is 1.47 bits per heavy atom. The molecule has 0 bridgehead atoms. The van der Waals surface area contributed by atoms with E-state index in [0.29, 0.717) is 0 Å². The highest BCUT2D eigenvalue weighted by atomic mass is 35.5. The minimum absolute atomic E-state index is 0.203. The molecule has 0 aliphatic carbocycles. The molecule has 0 aliphatic rings. The average molecular weight is 245 g/mol. The first-order chi connectivity index (χ1) is 7.27. The molecular weight excluding hydrogens is 228 g/mol. The zero-order valence-corrected chi connectivity index (χ0v) is 10.5. The maximum Gasteiger partial charge on any atom is 0.0499 e. The molecule has 1 unspecified atom stereocenters. The van der Waals surface area contributed by atoms with Crippen LogP contribution >= 0.6 is 23.4 Å². The van der Waals surface area contributed by atoms with Crippen molar-refractivity contribution in [3.8, 4) is 0 Å². The van der Waals surface area contributed by atoms with Crippen LogP contribution in [0.4, 0.5) is 0 Å². The molecule has 84 valence electrons. The zero-order chi connectivity index (χ0) is 11.1. The molecule has 0 aromatic heterocycles. The SMILES string of the molecule is CSCCCC(CO)c1cccc(Cl)c1. The highest BCUT2D eigenvalue weighted by Gasteiger charge is 2.09. The van der Waals surface area contributed by atoms with Gasteiger partial charge in [-0.05, 0) is 42.5 Å². The third-order valence-corrected chi connectivity index (χ3v) is 3.37. The molecule has 0 radical (unpaired) electrons. The Kier molecular flexibility index (Phi) is 6.15. The van der Waals surface area contributed by atoms with Crippen molar-refractivity contribution in [2.75, 3.05) is 18.6 Å². The van der Waals surface area contributed by atoms with Crippen LogP contribution in [0.2, 0.25) is 5.02 Å². The normalized spacial score (nSPS) is 12.7. The van der Waals surface area contributed by atoms with Gasteiger partial charge in [-0.15, -0.1) is 0 Å². The lowest BCUT2D eigenvalue weighted by molar-refractivity contribution is 0.259. The molecule has 1 N–H and O–H groups in total. The summed E-state index contributed by atoms with van der Waals surface area (Å²) in [6.45, 7) is 0.203. The Balaban J connectivity index is 2.57. The van der Waals surface area contributed by atoms with Gasteiger partial charge in [0.05, 0.1) is 0 Å². The summed E-state index contributed by atoms with van der Waals surface area (Å²) in [5.41, 5.74) is 1.14. The standard InChI is InChI=1S/C12H17ClOS/c1-15-7-3-5-11(9-14)10-4-2-6-12(13)8-10/h2,4,6,8,11,14H,3,5,7,9H2,1H3. The molecule has 0 saturated carbocycles. The van der Waals surface area contributed by atoms with Gasteiger partial charge in [0.15, 0.2) is 0 Å². The van der Waals surface area contributed by atoms with Gasteiger partial charge in [0, 0.05) is 17.5 Å². The van der Waals surface area contributed by atoms with Crippen molar-refractivity contribution in [3.63, 3.8) is 0 Å². The smallest absolute Gasteiger partial charge is 0.0499 e. The van der Waals surface area contributed by atoms with Gasteiger partial charge in [-0.1, -0.05) is 23.7 Å². The van der Waals surface area contributed by atoms with E-state index in [0.717, 1.165) is 29.2 Å². The molecule has 1 rings (SSSR count). The number of benzene rings is 1. The molecule has 1 aromatic carbocycles. The molecule has 0 saturated heterocycles. The van der Waals surface area contributed by atoms with Crippen molar-refractivity contribution in [2.24, 2.45) is 0 Å². The Morgan fingerprint density at radius 2 is 2.27 bits per heavy atom. The number of rotatable bonds is 6. The predicted octanol–water partition coefficient (Wildman–Crippen LogP) is 3.56. The lowest BCUT2D eigenvalue weighted by Gasteiger charge is -2.14. The summed E-state index contributed by atoms with van der Waals surface area (Å²) in [6, 6.07) is 7.78. The van der Waals surface area contributed by atoms with Gasteiger partial charge in [0.1, 0.15) is 0 Å². The van der Waals surface area contributed by atoms with Crippen molar-refractivity contribution in [3.05, 3.63) is 34.9 Å². The maximum atomic E-state index is 9.32. The summed E-state index contributed by atoms with van der Waals surface area (Å²) in [4.78, 5) is 0. The lowest BCUT2D eigenvalue weighted by Crippen LogP contribution is -2.04. The van der Waals surface area contributed by atoms with Gasteiger partial charge in [-0.2, -0.15) is 11.8 Å². The van der Waals surface area contributed by atoms with Gasteiger partial charge in [0.25, 0.3) is 0 Å². The minimum Gasteiger partial charge on any atom is -0.396 e. The van der Waals surface area contributed by atoms with Gasteiger partial charge in [-0.3, -0.25) is 0 Å². The van der Waals surface area contributed by atoms with E-state index in [2.05, 4.69) is 6.26 Å². The van der Waals surface area contributed by atoms with Crippen molar-refractivity contribution in [1.82, 2.24) is 0 Å². The second-order valence-electron chi connectivity index (χ2n) is 3.57. The Morgan fingerprint density at radius 3 is 2.87 bits per heavy atom. The van der Waals surface area contributed by atoms with E-state index in [-0.39, 0.29) is 12.5 Å². The number of hydrogen-bond acceptors (Lipinski definition) is 2. The van der Waals surface area contributed by atoms with Crippen LogP contribution in [0.5, 0.6) is 0 Å². The summed E-state index contributed by atoms with van der Waals surface area (Å²) >= 11 is 7.77. The molecule has 0 spiro atoms. The van der Waals surface area contributed by atoms with E-state index in [1.165, 1.54) is 0 Å². The molecule has 0 amide bonds. The fraction of sp³-hybridized carbons (Fsp3) is 0.500. The van der Waals surface area contributed by atoms with Crippen LogP contribution in [0.1, 0.15) is 24.3 Å². The highest BCUT2D eigenvalue weighted by molar-refractivity contribution is 7.98. The second-order valence-corrected chi connectivity index (χ2v) is 4.99. The first kappa shape index (κ1) is 12.9. The van der Waals surface area contributed by atoms with Crippen molar-refractivity contribution in [2.45, 2.75) is 18.8 Å². The van der Waals surface area contributed by atoms with Crippen LogP contribution in [0.3, 0.4) is 0 Å². The Hall–Kier alpha value is -0.180. The monoisotopic (exact) mass is 244 g/mol. The second kappa shape index (κ2) is 7.15. The number of halogens is 1. The van der Waals surface area contributed by atoms with Crippen molar-refractivity contribution >= 4 is 23.4 Å². The summed E-state index contributed by atoms with van der Waals surface area (Å²) in [6.07, 6.45) is 4.27. The third-order valence-electron chi connectivity index (χ3n) is 2.44. The van der Waals surface area contributed by atoms with E-state index < -0.39 is 0 Å². The maximum absolute atomic E-state index is 9.32. The summed E-state index contributed by atoms with van der Waals surface area (Å²) in [7, 11) is 0. The number of thioether (sulfide) groups is 1. The van der Waals surface area contributed by atoms with E-state index >= 15 is 0 Å². The van der Waals surface area contributed by atoms with Gasteiger partial charge >= 0.3 is 0 Å². The highest BCUT2D eigenvalue weighted by Crippen LogP contribution is 2.23. The van der Waals surface area contributed by atoms with E-state index in [9.17, 15) is 5.11 Å². The molecule has 1 nitrogen and oxygen atoms in total. The minimum atomic E-state index is 0.203. The molecule has 0 heterocycles. The van der Waals surface area contributed by atoms with Gasteiger partial charge in [-0.25, -0.2) is 0 Å². The molecular formula is C12H17ClOS. The quantitative estimate of drug-likeness (QED) is 0.773. The van der Waals surface area contributed by atoms with Crippen LogP contribution in [-0.4, -0.2) is 23.7 Å². The van der Waals surface area contributed by atoms with Crippen LogP contribution in [0.25, 0.3) is 0 Å². The van der Waals surface area contributed by atoms with Crippen LogP contribution in [-0.2, 0) is 0 Å². The molecule has 0 fully saturated rings. The number of aliphatic hydroxyl groups excluding tert-OH is 1. The topological polar surface area (TPSA) is 20.2 Å². The van der Waals surface area contributed by atoms with E-state index in [1.807, 2.05) is 36.0 Å². The average Bonchev–Trinajstić information content (AvgIpc) is 2.24. The van der Waals surface area contributed by atoms with Crippen molar-refractivity contribution < 1.29 is 5.11 Å². The summed E-state index contributed by atoms with van der Waals surface area (Å²) in [5, 5.41) is 10.1. The first-order valence-electron chi connectivity index (χ1n) is 5.13. The van der Waals surface area contributed by atoms with Crippen molar-refractivity contribution in [1.29, 1.82) is 0 Å². The molecule has 3 heteroatoms. The number of hydrogen-bond donors (Lipinski definition) is 1. The predicted molar refractivity (Wildman–Crippen MR) is 68.9 cm³/mol. The van der Waals surface area contributed by atoms with Crippen LogP contribution in [0.15, 0.2) is 24.3 Å². The largest absolute Gasteiger partial charge is 0.396 e. The molecule has 1 atom stereocenters. The van der Waals surface area contributed by atoms with Gasteiger partial charge < -0.3 is 5.11 Å². The molecule has 15 heavy (non-hydrogen) atoms. The Labute approximate surface area is 101 Å². The molecule has 1 aromatic rings. The van der Waals surface area contributed by atoms with E-state index in [1.54, 1.807) is 0 Å². The Bertz CT molecular complexity index is 291. The fourth-order valence-electron chi connectivity index (χ4n) is 1.60. The summed E-state index contributed by atoms with van der Waals surface area (Å²) in [5.74, 6) is 1.38.